The molecule has 0 aliphatic heterocycles. The van der Waals surface area contributed by atoms with E-state index in [0.717, 1.165) is 16.9 Å². The second kappa shape index (κ2) is 4.93. The molecule has 3 heteroatoms. The molecule has 0 fully saturated rings. The van der Waals surface area contributed by atoms with Crippen LogP contribution >= 0.6 is 0 Å². The lowest BCUT2D eigenvalue weighted by molar-refractivity contribution is 1.07. The van der Waals surface area contributed by atoms with Gasteiger partial charge in [-0.1, -0.05) is 18.2 Å². The minimum atomic E-state index is 0.951. The van der Waals surface area contributed by atoms with Gasteiger partial charge in [0.2, 0.25) is 0 Å². The van der Waals surface area contributed by atoms with E-state index in [0.29, 0.717) is 0 Å². The molecule has 0 bridgehead atoms. The van der Waals surface area contributed by atoms with Crippen LogP contribution in [0.4, 0.5) is 5.82 Å². The maximum absolute atomic E-state index is 4.39. The second-order valence-corrected chi connectivity index (χ2v) is 5.15. The van der Waals surface area contributed by atoms with Crippen LogP contribution in [0.5, 0.6) is 0 Å². The number of rotatable bonds is 2. The maximum atomic E-state index is 4.39. The zero-order chi connectivity index (χ0) is 14.1. The van der Waals surface area contributed by atoms with E-state index in [4.69, 9.17) is 0 Å². The van der Waals surface area contributed by atoms with Crippen LogP contribution in [0.1, 0.15) is 5.56 Å². The highest BCUT2D eigenvalue weighted by Crippen LogP contribution is 2.30. The Hall–Kier alpha value is -2.42. The summed E-state index contributed by atoms with van der Waals surface area (Å²) in [7, 11) is 4.00. The monoisotopic (exact) mass is 263 g/mol. The van der Waals surface area contributed by atoms with Crippen LogP contribution < -0.4 is 4.90 Å². The molecule has 2 aromatic heterocycles. The summed E-state index contributed by atoms with van der Waals surface area (Å²) in [6, 6.07) is 10.5. The Morgan fingerprint density at radius 1 is 1.00 bits per heavy atom. The zero-order valence-corrected chi connectivity index (χ0v) is 12.0. The fourth-order valence-electron chi connectivity index (χ4n) is 2.40. The number of hydrogen-bond acceptors (Lipinski definition) is 3. The Bertz CT molecular complexity index is 763. The fraction of sp³-hybridized carbons (Fsp3) is 0.176. The molecule has 3 nitrogen and oxygen atoms in total. The van der Waals surface area contributed by atoms with E-state index < -0.39 is 0 Å². The number of nitrogens with zero attached hydrogens (tertiary/aromatic N) is 3. The molecule has 0 saturated heterocycles. The molecule has 1 aromatic carbocycles. The van der Waals surface area contributed by atoms with Crippen molar-refractivity contribution >= 4 is 16.6 Å². The van der Waals surface area contributed by atoms with E-state index in [1.807, 2.05) is 43.7 Å². The van der Waals surface area contributed by atoms with Gasteiger partial charge in [0, 0.05) is 43.6 Å². The van der Waals surface area contributed by atoms with Crippen LogP contribution in [0.15, 0.2) is 48.9 Å². The van der Waals surface area contributed by atoms with E-state index in [1.54, 1.807) is 0 Å². The topological polar surface area (TPSA) is 29.0 Å². The van der Waals surface area contributed by atoms with Crippen molar-refractivity contribution in [2.24, 2.45) is 0 Å². The van der Waals surface area contributed by atoms with Crippen molar-refractivity contribution in [1.82, 2.24) is 9.97 Å². The number of fused-ring (bicyclic) bond motifs is 1. The Balaban J connectivity index is 2.25. The van der Waals surface area contributed by atoms with Gasteiger partial charge in [-0.15, -0.1) is 0 Å². The van der Waals surface area contributed by atoms with Gasteiger partial charge >= 0.3 is 0 Å². The van der Waals surface area contributed by atoms with Crippen LogP contribution in [0.25, 0.3) is 21.9 Å². The number of hydrogen-bond donors (Lipinski definition) is 0. The SMILES string of the molecule is Cc1cccc2c(-c3ccnc(N(C)C)c3)cncc12. The van der Waals surface area contributed by atoms with Crippen LogP contribution in [0.2, 0.25) is 0 Å². The molecule has 100 valence electrons. The Morgan fingerprint density at radius 2 is 1.85 bits per heavy atom. The Labute approximate surface area is 118 Å². The molecule has 2 heterocycles. The predicted molar refractivity (Wildman–Crippen MR) is 84.0 cm³/mol. The number of aromatic nitrogens is 2. The first-order valence-corrected chi connectivity index (χ1v) is 6.64. The third-order valence-corrected chi connectivity index (χ3v) is 3.54. The number of benzene rings is 1. The maximum Gasteiger partial charge on any atom is 0.128 e. The molecule has 3 aromatic rings. The summed E-state index contributed by atoms with van der Waals surface area (Å²) in [6.45, 7) is 2.12. The van der Waals surface area contributed by atoms with Gasteiger partial charge in [-0.3, -0.25) is 4.98 Å². The van der Waals surface area contributed by atoms with Gasteiger partial charge in [-0.2, -0.15) is 0 Å². The van der Waals surface area contributed by atoms with Gasteiger partial charge in [-0.25, -0.2) is 4.98 Å². The summed E-state index contributed by atoms with van der Waals surface area (Å²) in [5, 5.41) is 2.43. The largest absolute Gasteiger partial charge is 0.363 e. The second-order valence-electron chi connectivity index (χ2n) is 5.15. The number of pyridine rings is 2. The molecule has 20 heavy (non-hydrogen) atoms. The lowest BCUT2D eigenvalue weighted by atomic mass is 9.99. The lowest BCUT2D eigenvalue weighted by Crippen LogP contribution is -2.10. The van der Waals surface area contributed by atoms with Crippen molar-refractivity contribution in [3.63, 3.8) is 0 Å². The molecule has 0 radical (unpaired) electrons. The lowest BCUT2D eigenvalue weighted by Gasteiger charge is -2.13. The van der Waals surface area contributed by atoms with E-state index in [9.17, 15) is 0 Å². The summed E-state index contributed by atoms with van der Waals surface area (Å²) in [6.07, 6.45) is 5.71. The summed E-state index contributed by atoms with van der Waals surface area (Å²) in [5.74, 6) is 0.951. The van der Waals surface area contributed by atoms with Crippen molar-refractivity contribution in [3.8, 4) is 11.1 Å². The van der Waals surface area contributed by atoms with Crippen molar-refractivity contribution in [1.29, 1.82) is 0 Å². The van der Waals surface area contributed by atoms with Crippen molar-refractivity contribution < 1.29 is 0 Å². The normalized spacial score (nSPS) is 10.8. The number of anilines is 1. The van der Waals surface area contributed by atoms with Gasteiger partial charge < -0.3 is 4.90 Å². The van der Waals surface area contributed by atoms with E-state index in [1.165, 1.54) is 16.3 Å². The molecule has 0 amide bonds. The molecule has 0 aliphatic rings. The van der Waals surface area contributed by atoms with Crippen molar-refractivity contribution in [2.75, 3.05) is 19.0 Å². The molecule has 0 unspecified atom stereocenters. The highest BCUT2D eigenvalue weighted by molar-refractivity contribution is 5.97. The highest BCUT2D eigenvalue weighted by atomic mass is 15.1. The van der Waals surface area contributed by atoms with Crippen molar-refractivity contribution in [3.05, 3.63) is 54.5 Å². The molecule has 3 rings (SSSR count). The summed E-state index contributed by atoms with van der Waals surface area (Å²) in [5.41, 5.74) is 3.54. The Morgan fingerprint density at radius 3 is 2.65 bits per heavy atom. The predicted octanol–water partition coefficient (Wildman–Crippen LogP) is 3.67. The van der Waals surface area contributed by atoms with Crippen molar-refractivity contribution in [2.45, 2.75) is 6.92 Å². The van der Waals surface area contributed by atoms with E-state index in [-0.39, 0.29) is 0 Å². The molecule has 0 N–H and O–H groups in total. The Kier molecular flexibility index (Phi) is 3.11. The average Bonchev–Trinajstić information content (AvgIpc) is 2.47. The molecular weight excluding hydrogens is 246 g/mol. The zero-order valence-electron chi connectivity index (χ0n) is 12.0. The minimum Gasteiger partial charge on any atom is -0.363 e. The highest BCUT2D eigenvalue weighted by Gasteiger charge is 2.07. The van der Waals surface area contributed by atoms with Gasteiger partial charge in [0.05, 0.1) is 0 Å². The van der Waals surface area contributed by atoms with E-state index >= 15 is 0 Å². The van der Waals surface area contributed by atoms with Crippen LogP contribution in [0, 0.1) is 6.92 Å². The molecule has 0 saturated carbocycles. The molecule has 0 spiro atoms. The first-order chi connectivity index (χ1) is 9.66. The smallest absolute Gasteiger partial charge is 0.128 e. The summed E-state index contributed by atoms with van der Waals surface area (Å²) >= 11 is 0. The molecule has 0 atom stereocenters. The standard InChI is InChI=1S/C17H17N3/c1-12-5-4-6-14-15(12)10-18-11-16(14)13-7-8-19-17(9-13)20(2)3/h4-11H,1-3H3. The van der Waals surface area contributed by atoms with Gasteiger partial charge in [0.15, 0.2) is 0 Å². The van der Waals surface area contributed by atoms with Gasteiger partial charge in [0.1, 0.15) is 5.82 Å². The quantitative estimate of drug-likeness (QED) is 0.706. The molecular formula is C17H17N3. The minimum absolute atomic E-state index is 0.951. The van der Waals surface area contributed by atoms with Gasteiger partial charge in [-0.05, 0) is 35.6 Å². The molecule has 0 aliphatic carbocycles. The van der Waals surface area contributed by atoms with Crippen LogP contribution in [-0.4, -0.2) is 24.1 Å². The number of aryl methyl sites for hydroxylation is 1. The third-order valence-electron chi connectivity index (χ3n) is 3.54. The fourth-order valence-corrected chi connectivity index (χ4v) is 2.40. The first kappa shape index (κ1) is 12.6. The summed E-state index contributed by atoms with van der Waals surface area (Å²) < 4.78 is 0. The first-order valence-electron chi connectivity index (χ1n) is 6.64. The van der Waals surface area contributed by atoms with E-state index in [2.05, 4.69) is 41.2 Å². The van der Waals surface area contributed by atoms with Crippen LogP contribution in [0.3, 0.4) is 0 Å². The third kappa shape index (κ3) is 2.11. The van der Waals surface area contributed by atoms with Crippen LogP contribution in [-0.2, 0) is 0 Å². The van der Waals surface area contributed by atoms with Gasteiger partial charge in [0.25, 0.3) is 0 Å². The summed E-state index contributed by atoms with van der Waals surface area (Å²) in [4.78, 5) is 10.8. The average molecular weight is 263 g/mol.